The molecule has 2 rings (SSSR count). The molecule has 2 aromatic rings. The van der Waals surface area contributed by atoms with E-state index in [9.17, 15) is 14.4 Å². The molecule has 3 amide bonds. The van der Waals surface area contributed by atoms with E-state index in [2.05, 4.69) is 16.0 Å². The highest BCUT2D eigenvalue weighted by atomic mass is 35.5. The molecule has 0 radical (unpaired) electrons. The zero-order chi connectivity index (χ0) is 18.9. The van der Waals surface area contributed by atoms with E-state index in [1.807, 2.05) is 0 Å². The molecule has 136 valence electrons. The van der Waals surface area contributed by atoms with Crippen LogP contribution in [0.2, 0.25) is 5.02 Å². The number of carbonyl (C=O) groups excluding carboxylic acids is 3. The van der Waals surface area contributed by atoms with E-state index in [1.54, 1.807) is 55.6 Å². The number of carbonyl (C=O) groups is 3. The molecule has 0 aliphatic rings. The minimum Gasteiger partial charge on any atom is -0.355 e. The van der Waals surface area contributed by atoms with Crippen LogP contribution in [0.3, 0.4) is 0 Å². The van der Waals surface area contributed by atoms with Crippen molar-refractivity contribution in [3.05, 3.63) is 59.1 Å². The average Bonchev–Trinajstić information content (AvgIpc) is 2.63. The summed E-state index contributed by atoms with van der Waals surface area (Å²) in [6, 6.07) is 13.4. The number of amides is 3. The maximum Gasteiger partial charge on any atom is 0.251 e. The molecular weight excluding hydrogens is 374 g/mol. The van der Waals surface area contributed by atoms with Gasteiger partial charge in [-0.15, -0.1) is 11.8 Å². The molecule has 2 aromatic carbocycles. The number of rotatable bonds is 7. The van der Waals surface area contributed by atoms with Gasteiger partial charge in [0.1, 0.15) is 0 Å². The number of nitrogens with one attached hydrogen (secondary N) is 3. The zero-order valence-corrected chi connectivity index (χ0v) is 15.6. The van der Waals surface area contributed by atoms with Gasteiger partial charge < -0.3 is 16.0 Å². The summed E-state index contributed by atoms with van der Waals surface area (Å²) in [5.41, 5.74) is 1.76. The fourth-order valence-corrected chi connectivity index (χ4v) is 2.76. The van der Waals surface area contributed by atoms with Gasteiger partial charge in [0.15, 0.2) is 0 Å². The summed E-state index contributed by atoms with van der Waals surface area (Å²) in [5, 5.41) is 8.57. The van der Waals surface area contributed by atoms with Gasteiger partial charge in [0.2, 0.25) is 11.8 Å². The van der Waals surface area contributed by atoms with Crippen molar-refractivity contribution in [1.82, 2.24) is 5.32 Å². The first-order valence-corrected chi connectivity index (χ1v) is 9.26. The van der Waals surface area contributed by atoms with E-state index >= 15 is 0 Å². The van der Waals surface area contributed by atoms with E-state index in [-0.39, 0.29) is 29.2 Å². The lowest BCUT2D eigenvalue weighted by Crippen LogP contribution is -2.19. The van der Waals surface area contributed by atoms with Crippen LogP contribution < -0.4 is 16.0 Å². The Morgan fingerprint density at radius 2 is 1.31 bits per heavy atom. The average molecular weight is 392 g/mol. The van der Waals surface area contributed by atoms with Crippen molar-refractivity contribution in [3.8, 4) is 0 Å². The number of halogens is 1. The number of thioether (sulfide) groups is 1. The van der Waals surface area contributed by atoms with E-state index in [4.69, 9.17) is 11.6 Å². The molecule has 0 heterocycles. The van der Waals surface area contributed by atoms with E-state index in [0.29, 0.717) is 22.0 Å². The van der Waals surface area contributed by atoms with Crippen LogP contribution in [0.1, 0.15) is 10.4 Å². The zero-order valence-electron chi connectivity index (χ0n) is 14.0. The molecule has 0 atom stereocenters. The summed E-state index contributed by atoms with van der Waals surface area (Å²) >= 11 is 6.99. The predicted octanol–water partition coefficient (Wildman–Crippen LogP) is 3.01. The fourth-order valence-electron chi connectivity index (χ4n) is 2.01. The van der Waals surface area contributed by atoms with Crippen molar-refractivity contribution in [3.63, 3.8) is 0 Å². The largest absolute Gasteiger partial charge is 0.355 e. The first kappa shape index (κ1) is 19.8. The Morgan fingerprint density at radius 3 is 1.77 bits per heavy atom. The molecule has 0 saturated heterocycles. The third kappa shape index (κ3) is 6.42. The molecule has 0 bridgehead atoms. The lowest BCUT2D eigenvalue weighted by Gasteiger charge is -2.07. The summed E-state index contributed by atoms with van der Waals surface area (Å²) in [6.45, 7) is 0. The molecular formula is C18H18ClN3O3S. The van der Waals surface area contributed by atoms with Gasteiger partial charge in [-0.2, -0.15) is 0 Å². The lowest BCUT2D eigenvalue weighted by atomic mass is 10.2. The van der Waals surface area contributed by atoms with Crippen LogP contribution in [0.5, 0.6) is 0 Å². The van der Waals surface area contributed by atoms with Gasteiger partial charge in [-0.1, -0.05) is 11.6 Å². The molecule has 0 aromatic heterocycles. The van der Waals surface area contributed by atoms with Crippen molar-refractivity contribution in [1.29, 1.82) is 0 Å². The second kappa shape index (κ2) is 9.84. The molecule has 6 nitrogen and oxygen atoms in total. The third-order valence-electron chi connectivity index (χ3n) is 3.25. The van der Waals surface area contributed by atoms with Crippen LogP contribution in [0, 0.1) is 0 Å². The molecule has 3 N–H and O–H groups in total. The van der Waals surface area contributed by atoms with Crippen molar-refractivity contribution < 1.29 is 14.4 Å². The van der Waals surface area contributed by atoms with Crippen LogP contribution in [0.4, 0.5) is 11.4 Å². The Kier molecular flexibility index (Phi) is 7.50. The van der Waals surface area contributed by atoms with E-state index < -0.39 is 0 Å². The van der Waals surface area contributed by atoms with Crippen molar-refractivity contribution in [2.75, 3.05) is 29.2 Å². The summed E-state index contributed by atoms with van der Waals surface area (Å²) < 4.78 is 0. The number of benzene rings is 2. The standard InChI is InChI=1S/C18H18ClN3O3S/c1-20-18(25)12-2-6-14(7-3-12)21-16(23)10-26-11-17(24)22-15-8-4-13(19)5-9-15/h2-9H,10-11H2,1H3,(H,20,25)(H,21,23)(H,22,24). The minimum absolute atomic E-state index is 0.144. The van der Waals surface area contributed by atoms with Gasteiger partial charge in [0.05, 0.1) is 11.5 Å². The summed E-state index contributed by atoms with van der Waals surface area (Å²) in [6.07, 6.45) is 0. The molecule has 0 aliphatic heterocycles. The fraction of sp³-hybridized carbons (Fsp3) is 0.167. The van der Waals surface area contributed by atoms with Crippen LogP contribution in [0.25, 0.3) is 0 Å². The first-order chi connectivity index (χ1) is 12.5. The van der Waals surface area contributed by atoms with Crippen molar-refractivity contribution >= 4 is 52.5 Å². The van der Waals surface area contributed by atoms with Crippen LogP contribution in [-0.4, -0.2) is 36.3 Å². The predicted molar refractivity (Wildman–Crippen MR) is 106 cm³/mol. The van der Waals surface area contributed by atoms with Crippen LogP contribution >= 0.6 is 23.4 Å². The van der Waals surface area contributed by atoms with E-state index in [1.165, 1.54) is 11.8 Å². The lowest BCUT2D eigenvalue weighted by molar-refractivity contribution is -0.114. The molecule has 0 aliphatic carbocycles. The smallest absolute Gasteiger partial charge is 0.251 e. The minimum atomic E-state index is -0.220. The molecule has 0 saturated carbocycles. The normalized spacial score (nSPS) is 10.1. The monoisotopic (exact) mass is 391 g/mol. The van der Waals surface area contributed by atoms with Gasteiger partial charge in [-0.3, -0.25) is 14.4 Å². The van der Waals surface area contributed by atoms with Gasteiger partial charge in [0, 0.05) is 29.0 Å². The second-order valence-corrected chi connectivity index (χ2v) is 6.67. The Balaban J connectivity index is 1.72. The Hall–Kier alpha value is -2.51. The maximum atomic E-state index is 11.9. The molecule has 26 heavy (non-hydrogen) atoms. The number of anilines is 2. The summed E-state index contributed by atoms with van der Waals surface area (Å²) in [7, 11) is 1.55. The summed E-state index contributed by atoms with van der Waals surface area (Å²) in [4.78, 5) is 35.2. The topological polar surface area (TPSA) is 87.3 Å². The molecule has 0 fully saturated rings. The molecule has 8 heteroatoms. The van der Waals surface area contributed by atoms with Crippen molar-refractivity contribution in [2.24, 2.45) is 0 Å². The molecule has 0 unspecified atom stereocenters. The quantitative estimate of drug-likeness (QED) is 0.677. The highest BCUT2D eigenvalue weighted by Gasteiger charge is 2.08. The number of hydrogen-bond acceptors (Lipinski definition) is 4. The Labute approximate surface area is 160 Å². The van der Waals surface area contributed by atoms with Gasteiger partial charge in [0.25, 0.3) is 5.91 Å². The second-order valence-electron chi connectivity index (χ2n) is 5.25. The van der Waals surface area contributed by atoms with Gasteiger partial charge in [-0.25, -0.2) is 0 Å². The van der Waals surface area contributed by atoms with Gasteiger partial charge in [-0.05, 0) is 48.5 Å². The molecule has 0 spiro atoms. The maximum absolute atomic E-state index is 11.9. The number of hydrogen-bond donors (Lipinski definition) is 3. The van der Waals surface area contributed by atoms with Crippen molar-refractivity contribution in [2.45, 2.75) is 0 Å². The Bertz CT molecular complexity index is 779. The Morgan fingerprint density at radius 1 is 0.846 bits per heavy atom. The van der Waals surface area contributed by atoms with Crippen LogP contribution in [-0.2, 0) is 9.59 Å². The van der Waals surface area contributed by atoms with E-state index in [0.717, 1.165) is 0 Å². The highest BCUT2D eigenvalue weighted by molar-refractivity contribution is 8.00. The highest BCUT2D eigenvalue weighted by Crippen LogP contribution is 2.14. The third-order valence-corrected chi connectivity index (χ3v) is 4.44. The SMILES string of the molecule is CNC(=O)c1ccc(NC(=O)CSCC(=O)Nc2ccc(Cl)cc2)cc1. The summed E-state index contributed by atoms with van der Waals surface area (Å²) in [5.74, 6) is -0.302. The first-order valence-electron chi connectivity index (χ1n) is 7.73. The van der Waals surface area contributed by atoms with Gasteiger partial charge >= 0.3 is 0 Å². The van der Waals surface area contributed by atoms with Crippen LogP contribution in [0.15, 0.2) is 48.5 Å².